The number of benzene rings is 1. The van der Waals surface area contributed by atoms with Gasteiger partial charge in [0.25, 0.3) is 0 Å². The highest BCUT2D eigenvalue weighted by Gasteiger charge is 2.18. The van der Waals surface area contributed by atoms with E-state index in [-0.39, 0.29) is 0 Å². The van der Waals surface area contributed by atoms with Gasteiger partial charge in [0.15, 0.2) is 0 Å². The molecule has 3 heteroatoms. The molecule has 108 valence electrons. The molecular formula is C17H23NO2. The first-order valence-electron chi connectivity index (χ1n) is 7.36. The fourth-order valence-corrected chi connectivity index (χ4v) is 2.92. The van der Waals surface area contributed by atoms with Crippen LogP contribution in [-0.2, 0) is 11.3 Å². The van der Waals surface area contributed by atoms with E-state index in [1.165, 1.54) is 43.7 Å². The lowest BCUT2D eigenvalue weighted by atomic mass is 9.94. The number of carboxylic acids is 1. The molecule has 20 heavy (non-hydrogen) atoms. The van der Waals surface area contributed by atoms with Gasteiger partial charge in [0.05, 0.1) is 0 Å². The van der Waals surface area contributed by atoms with Gasteiger partial charge in [0, 0.05) is 18.7 Å². The van der Waals surface area contributed by atoms with Crippen LogP contribution in [0.4, 0.5) is 0 Å². The van der Waals surface area contributed by atoms with Crippen LogP contribution in [0.2, 0.25) is 0 Å². The summed E-state index contributed by atoms with van der Waals surface area (Å²) in [6.45, 7) is 0.880. The van der Waals surface area contributed by atoms with Crippen LogP contribution in [0.15, 0.2) is 30.3 Å². The number of hydrogen-bond donors (Lipinski definition) is 1. The zero-order chi connectivity index (χ0) is 14.4. The fraction of sp³-hybridized carbons (Fsp3) is 0.471. The van der Waals surface area contributed by atoms with Gasteiger partial charge in [-0.15, -0.1) is 0 Å². The maximum Gasteiger partial charge on any atom is 0.328 e. The van der Waals surface area contributed by atoms with E-state index in [9.17, 15) is 4.79 Å². The molecule has 0 aromatic heterocycles. The molecule has 0 spiro atoms. The van der Waals surface area contributed by atoms with Crippen molar-refractivity contribution in [1.29, 1.82) is 0 Å². The van der Waals surface area contributed by atoms with Gasteiger partial charge in [-0.1, -0.05) is 43.5 Å². The van der Waals surface area contributed by atoms with Gasteiger partial charge in [-0.05, 0) is 37.1 Å². The maximum absolute atomic E-state index is 10.7. The van der Waals surface area contributed by atoms with Crippen molar-refractivity contribution in [3.05, 3.63) is 41.5 Å². The van der Waals surface area contributed by atoms with Gasteiger partial charge in [0.1, 0.15) is 0 Å². The maximum atomic E-state index is 10.7. The zero-order valence-corrected chi connectivity index (χ0v) is 12.1. The SMILES string of the molecule is CN(Cc1ccccc1C=CC(=O)O)C1CCCCC1. The van der Waals surface area contributed by atoms with E-state index < -0.39 is 5.97 Å². The smallest absolute Gasteiger partial charge is 0.328 e. The topological polar surface area (TPSA) is 40.5 Å². The first kappa shape index (κ1) is 14.8. The Labute approximate surface area is 120 Å². The Bertz CT molecular complexity index is 476. The minimum absolute atomic E-state index is 0.667. The first-order valence-corrected chi connectivity index (χ1v) is 7.36. The predicted octanol–water partition coefficient (Wildman–Crippen LogP) is 3.55. The van der Waals surface area contributed by atoms with Crippen LogP contribution < -0.4 is 0 Å². The summed E-state index contributed by atoms with van der Waals surface area (Å²) < 4.78 is 0. The normalized spacial score (nSPS) is 16.9. The number of hydrogen-bond acceptors (Lipinski definition) is 2. The molecule has 0 bridgehead atoms. The molecule has 0 radical (unpaired) electrons. The summed E-state index contributed by atoms with van der Waals surface area (Å²) in [6.07, 6.45) is 9.48. The van der Waals surface area contributed by atoms with Gasteiger partial charge >= 0.3 is 5.97 Å². The number of aliphatic carboxylic acids is 1. The third kappa shape index (κ3) is 4.20. The Morgan fingerprint density at radius 1 is 1.30 bits per heavy atom. The first-order chi connectivity index (χ1) is 9.66. The van der Waals surface area contributed by atoms with Crippen molar-refractivity contribution in [2.24, 2.45) is 0 Å². The average Bonchev–Trinajstić information content (AvgIpc) is 2.47. The van der Waals surface area contributed by atoms with E-state index >= 15 is 0 Å². The van der Waals surface area contributed by atoms with E-state index in [4.69, 9.17) is 5.11 Å². The van der Waals surface area contributed by atoms with E-state index in [1.54, 1.807) is 6.08 Å². The minimum Gasteiger partial charge on any atom is -0.478 e. The summed E-state index contributed by atoms with van der Waals surface area (Å²) in [5.41, 5.74) is 2.19. The molecule has 0 amide bonds. The van der Waals surface area contributed by atoms with Crippen LogP contribution in [0.3, 0.4) is 0 Å². The summed E-state index contributed by atoms with van der Waals surface area (Å²) in [6, 6.07) is 8.69. The highest BCUT2D eigenvalue weighted by Crippen LogP contribution is 2.23. The molecule has 1 aromatic carbocycles. The lowest BCUT2D eigenvalue weighted by molar-refractivity contribution is -0.131. The molecule has 1 aliphatic rings. The number of carboxylic acid groups (broad SMARTS) is 1. The molecule has 1 fully saturated rings. The summed E-state index contributed by atoms with van der Waals surface area (Å²) in [5.74, 6) is -0.902. The highest BCUT2D eigenvalue weighted by atomic mass is 16.4. The summed E-state index contributed by atoms with van der Waals surface area (Å²) in [4.78, 5) is 13.1. The minimum atomic E-state index is -0.902. The van der Waals surface area contributed by atoms with E-state index in [2.05, 4.69) is 18.0 Å². The second kappa shape index (κ2) is 7.25. The predicted molar refractivity (Wildman–Crippen MR) is 81.5 cm³/mol. The van der Waals surface area contributed by atoms with Crippen molar-refractivity contribution in [2.45, 2.75) is 44.7 Å². The molecule has 1 saturated carbocycles. The Morgan fingerprint density at radius 3 is 2.70 bits per heavy atom. The molecule has 1 aromatic rings. The monoisotopic (exact) mass is 273 g/mol. The molecular weight excluding hydrogens is 250 g/mol. The van der Waals surface area contributed by atoms with Crippen molar-refractivity contribution in [1.82, 2.24) is 4.90 Å². The Balaban J connectivity index is 2.06. The third-order valence-corrected chi connectivity index (χ3v) is 4.08. The molecule has 1 N–H and O–H groups in total. The summed E-state index contributed by atoms with van der Waals surface area (Å²) >= 11 is 0. The van der Waals surface area contributed by atoms with Crippen LogP contribution in [0.25, 0.3) is 6.08 Å². The van der Waals surface area contributed by atoms with Crippen molar-refractivity contribution < 1.29 is 9.90 Å². The van der Waals surface area contributed by atoms with E-state index in [0.717, 1.165) is 12.1 Å². The molecule has 0 unspecified atom stereocenters. The largest absolute Gasteiger partial charge is 0.478 e. The summed E-state index contributed by atoms with van der Waals surface area (Å²) in [7, 11) is 2.17. The van der Waals surface area contributed by atoms with Crippen molar-refractivity contribution >= 4 is 12.0 Å². The standard InChI is InChI=1S/C17H23NO2/c1-18(16-9-3-2-4-10-16)13-15-8-6-5-7-14(15)11-12-17(19)20/h5-8,11-12,16H,2-4,9-10,13H2,1H3,(H,19,20). The molecule has 0 atom stereocenters. The second-order valence-corrected chi connectivity index (χ2v) is 5.58. The quantitative estimate of drug-likeness (QED) is 0.834. The summed E-state index contributed by atoms with van der Waals surface area (Å²) in [5, 5.41) is 8.75. The van der Waals surface area contributed by atoms with Crippen LogP contribution in [0.1, 0.15) is 43.2 Å². The molecule has 0 heterocycles. The third-order valence-electron chi connectivity index (χ3n) is 4.08. The van der Waals surface area contributed by atoms with Gasteiger partial charge in [0.2, 0.25) is 0 Å². The zero-order valence-electron chi connectivity index (χ0n) is 12.1. The Hall–Kier alpha value is -1.61. The number of carbonyl (C=O) groups is 1. The van der Waals surface area contributed by atoms with Gasteiger partial charge < -0.3 is 5.11 Å². The van der Waals surface area contributed by atoms with Crippen molar-refractivity contribution in [2.75, 3.05) is 7.05 Å². The van der Waals surface area contributed by atoms with Crippen LogP contribution in [0, 0.1) is 0 Å². The Morgan fingerprint density at radius 2 is 2.00 bits per heavy atom. The lowest BCUT2D eigenvalue weighted by Gasteiger charge is -2.31. The molecule has 0 saturated heterocycles. The lowest BCUT2D eigenvalue weighted by Crippen LogP contribution is -2.33. The fourth-order valence-electron chi connectivity index (χ4n) is 2.92. The highest BCUT2D eigenvalue weighted by molar-refractivity contribution is 5.85. The molecule has 1 aliphatic carbocycles. The number of rotatable bonds is 5. The average molecular weight is 273 g/mol. The van der Waals surface area contributed by atoms with Crippen LogP contribution in [-0.4, -0.2) is 29.1 Å². The van der Waals surface area contributed by atoms with Gasteiger partial charge in [-0.2, -0.15) is 0 Å². The van der Waals surface area contributed by atoms with Crippen molar-refractivity contribution in [3.63, 3.8) is 0 Å². The van der Waals surface area contributed by atoms with E-state index in [0.29, 0.717) is 6.04 Å². The van der Waals surface area contributed by atoms with Crippen molar-refractivity contribution in [3.8, 4) is 0 Å². The van der Waals surface area contributed by atoms with Crippen LogP contribution >= 0.6 is 0 Å². The Kier molecular flexibility index (Phi) is 5.36. The van der Waals surface area contributed by atoms with E-state index in [1.807, 2.05) is 18.2 Å². The second-order valence-electron chi connectivity index (χ2n) is 5.58. The molecule has 3 nitrogen and oxygen atoms in total. The number of nitrogens with zero attached hydrogens (tertiary/aromatic N) is 1. The van der Waals surface area contributed by atoms with Gasteiger partial charge in [-0.3, -0.25) is 4.90 Å². The molecule has 2 rings (SSSR count). The van der Waals surface area contributed by atoms with Gasteiger partial charge in [-0.25, -0.2) is 4.79 Å². The van der Waals surface area contributed by atoms with Crippen LogP contribution in [0.5, 0.6) is 0 Å². The molecule has 0 aliphatic heterocycles.